The van der Waals surface area contributed by atoms with Crippen LogP contribution in [0.3, 0.4) is 0 Å². The normalized spacial score (nSPS) is 16.6. The summed E-state index contributed by atoms with van der Waals surface area (Å²) in [4.78, 5) is 249. The Morgan fingerprint density at radius 2 is 1.13 bits per heavy atom. The first-order valence-electron chi connectivity index (χ1n) is 44.1. The number of benzene rings is 5. The predicted octanol–water partition coefficient (Wildman–Crippen LogP) is 1.72. The van der Waals surface area contributed by atoms with E-state index in [-0.39, 0.29) is 75.0 Å². The number of para-hydroxylation sites is 1. The van der Waals surface area contributed by atoms with Crippen LogP contribution in [-0.4, -0.2) is 288 Å². The van der Waals surface area contributed by atoms with Crippen molar-refractivity contribution in [3.8, 4) is 5.75 Å². The van der Waals surface area contributed by atoms with E-state index in [9.17, 15) is 77.6 Å². The number of H-pyrrole nitrogens is 1. The van der Waals surface area contributed by atoms with Crippen molar-refractivity contribution in [1.82, 2.24) is 72.0 Å². The lowest BCUT2D eigenvalue weighted by atomic mass is 9.99. The van der Waals surface area contributed by atoms with Gasteiger partial charge in [0.25, 0.3) is 0 Å². The Labute approximate surface area is 776 Å². The number of fused-ring (bicyclic) bond motifs is 1. The van der Waals surface area contributed by atoms with Crippen LogP contribution < -0.4 is 54.0 Å². The number of unbranched alkanes of at least 4 members (excludes halogenated alkanes) is 1. The zero-order chi connectivity index (χ0) is 98.5. The number of hydrogen-bond acceptors (Lipinski definition) is 21. The highest BCUT2D eigenvalue weighted by Crippen LogP contribution is 2.29. The Balaban J connectivity index is 1.05. The highest BCUT2D eigenvalue weighted by Gasteiger charge is 2.47. The van der Waals surface area contributed by atoms with Crippen molar-refractivity contribution in [2.75, 3.05) is 52.3 Å². The van der Waals surface area contributed by atoms with Gasteiger partial charge in [0.1, 0.15) is 78.5 Å². The number of β-amino-alcohol motifs (C(OH)–C–C–N with tert-alkyl or cyclic N) is 1. The number of thioether (sulfide) groups is 1. The minimum Gasteiger partial charge on any atom is -0.508 e. The number of aliphatic hydroxyl groups excluding tert-OH is 1. The summed E-state index contributed by atoms with van der Waals surface area (Å²) in [5, 5.41) is 62.1. The standard InChI is InChI=1S/C93H119F3N16O21S/c1-9-10-26-72(92(132)111-34-19-27-71(111)86(126)101-58(48-113)43-79(120)121)108(6)91(131)75(41-54-22-15-12-16-23-54)110(8)89(129)69(39-56-36-62(94)80(96)63(95)37-56)102-77(117)50-134-49-70(82(122)100-46-76(97)116)107-83(123)66(35-51(2)3)104-84(124)67(38-55-28-30-59(114)31-29-55)105-85(125)68(42-57-45-99-64-25-18-17-24-61(57)64)106-88(128)74-44-60(115)47-112(74)90(130)65(32-33-78(118)119)103-87(127)73(40-53-20-13-11-14-21-53)109(7)93(133)81(98)52(4)5/h11-18,20-25,28-31,36-37,45,48,51-52,58,60,65-75,81,99,114-115H,9-10,19,26-27,32-35,38-44,46-47,49-50,98H2,1-8H3,(H2,97,116)(H,100,122)(H,101,126)(H,102,117)(H,103,127)(H,104,124)(H,105,125)(H,106,128)(H,107,123)(H,118,119)(H,120,121)/t58-,60-,65-,66-,67-,68-,69-,70-,71+,72-,73?,74+,75-,81-/m0/s1. The number of aliphatic hydroxyl groups is 1. The quantitative estimate of drug-likeness (QED) is 0.0191. The number of aromatic hydroxyl groups is 1. The SMILES string of the molecule is CCCC[C@@H](C(=O)N1CCC[C@@H]1C(=O)N[C@H](C=O)CC(=O)O)N(C)C(=O)[C@H](Cc1ccccc1)N(C)C(=O)[C@H](Cc1cc(F)c(F)c(F)c1)NC(=O)CSC[C@H](NC(=O)[C@H](CC(C)C)NC(=O)[C@H](Cc1ccc(O)cc1)NC(=O)[C@H](Cc1c[nH]c2ccccc12)NC(=O)[C@H]1C[C@H](O)CN1C(=O)[C@H](CCC(=O)O)NC(=O)C(Cc1ccccc1)N(C)C(=O)[C@@H](N)C(C)C)C(=O)NCC(N)=O. The molecule has 17 N–H and O–H groups in total. The number of amides is 14. The van der Waals surface area contributed by atoms with Crippen LogP contribution in [0.2, 0.25) is 0 Å². The third-order valence-corrected chi connectivity index (χ3v) is 24.4. The number of nitrogens with one attached hydrogen (secondary N) is 9. The summed E-state index contributed by atoms with van der Waals surface area (Å²) < 4.78 is 44.8. The summed E-state index contributed by atoms with van der Waals surface area (Å²) in [6, 6.07) is 10.6. The summed E-state index contributed by atoms with van der Waals surface area (Å²) in [6.07, 6.45) is -2.67. The molecule has 134 heavy (non-hydrogen) atoms. The molecular weight excluding hydrogens is 1770 g/mol. The van der Waals surface area contributed by atoms with Crippen molar-refractivity contribution < 1.29 is 115 Å². The number of nitrogens with two attached hydrogens (primary N) is 2. The fourth-order valence-corrected chi connectivity index (χ4v) is 16.8. The van der Waals surface area contributed by atoms with Gasteiger partial charge in [-0.1, -0.05) is 138 Å². The highest BCUT2D eigenvalue weighted by molar-refractivity contribution is 8.00. The van der Waals surface area contributed by atoms with E-state index in [1.54, 1.807) is 119 Å². The molecule has 0 radical (unpaired) electrons. The maximum atomic E-state index is 15.4. The summed E-state index contributed by atoms with van der Waals surface area (Å²) in [6.45, 7) is 7.31. The number of carbonyl (C=O) groups is 17. The number of carbonyl (C=O) groups excluding carboxylic acids is 15. The average Bonchev–Trinajstić information content (AvgIpc) is 1.54. The molecule has 14 amide bonds. The third kappa shape index (κ3) is 30.4. The lowest BCUT2D eigenvalue weighted by molar-refractivity contribution is -0.152. The molecule has 724 valence electrons. The molecule has 6 aromatic rings. The van der Waals surface area contributed by atoms with Gasteiger partial charge in [-0.05, 0) is 102 Å². The van der Waals surface area contributed by atoms with Crippen molar-refractivity contribution in [2.45, 2.75) is 216 Å². The molecule has 41 heteroatoms. The first-order valence-corrected chi connectivity index (χ1v) is 45.3. The topological polar surface area (TPSA) is 551 Å². The number of likely N-dealkylation sites (N-methyl/N-ethyl adjacent to an activating group) is 3. The van der Waals surface area contributed by atoms with Gasteiger partial charge < -0.3 is 109 Å². The molecule has 3 heterocycles. The molecule has 0 saturated carbocycles. The van der Waals surface area contributed by atoms with Crippen LogP contribution in [0.4, 0.5) is 13.2 Å². The number of rotatable bonds is 50. The lowest BCUT2D eigenvalue weighted by Gasteiger charge is -2.38. The molecule has 2 aliphatic heterocycles. The Morgan fingerprint density at radius 1 is 0.575 bits per heavy atom. The van der Waals surface area contributed by atoms with Crippen LogP contribution in [0.1, 0.15) is 127 Å². The van der Waals surface area contributed by atoms with Gasteiger partial charge >= 0.3 is 11.9 Å². The summed E-state index contributed by atoms with van der Waals surface area (Å²) in [7, 11) is 3.87. The molecule has 0 spiro atoms. The molecular formula is C93H119F3N16O21S. The maximum absolute atomic E-state index is 15.4. The van der Waals surface area contributed by atoms with Crippen LogP contribution in [0.25, 0.3) is 10.9 Å². The molecule has 37 nitrogen and oxygen atoms in total. The Morgan fingerprint density at radius 3 is 1.72 bits per heavy atom. The van der Waals surface area contributed by atoms with E-state index in [2.05, 4.69) is 47.5 Å². The van der Waals surface area contributed by atoms with Crippen LogP contribution in [0.15, 0.2) is 128 Å². The zero-order valence-electron chi connectivity index (χ0n) is 75.7. The molecule has 2 aliphatic rings. The third-order valence-electron chi connectivity index (χ3n) is 23.3. The van der Waals surface area contributed by atoms with E-state index in [4.69, 9.17) is 11.5 Å². The van der Waals surface area contributed by atoms with E-state index >= 15 is 37.5 Å². The molecule has 1 unspecified atom stereocenters. The van der Waals surface area contributed by atoms with Crippen molar-refractivity contribution in [2.24, 2.45) is 23.3 Å². The number of primary amides is 1. The maximum Gasteiger partial charge on any atom is 0.305 e. The molecule has 5 aromatic carbocycles. The number of carboxylic acids is 2. The van der Waals surface area contributed by atoms with E-state index in [1.165, 1.54) is 50.3 Å². The second kappa shape index (κ2) is 50.5. The second-order valence-electron chi connectivity index (χ2n) is 34.3. The molecule has 0 bridgehead atoms. The summed E-state index contributed by atoms with van der Waals surface area (Å²) in [5.41, 5.74) is 13.8. The minimum atomic E-state index is -1.86. The van der Waals surface area contributed by atoms with Crippen LogP contribution in [-0.2, 0) is 114 Å². The lowest BCUT2D eigenvalue weighted by Crippen LogP contribution is -2.61. The van der Waals surface area contributed by atoms with Crippen LogP contribution in [0, 0.1) is 29.3 Å². The number of aldehydes is 1. The number of aromatic nitrogens is 1. The van der Waals surface area contributed by atoms with Gasteiger partial charge in [0.05, 0.1) is 36.9 Å². The highest BCUT2D eigenvalue weighted by atomic mass is 32.2. The molecule has 0 aliphatic carbocycles. The fraction of sp³-hybridized carbons (Fsp3) is 0.473. The number of nitrogens with zero attached hydrogens (tertiary/aromatic N) is 5. The van der Waals surface area contributed by atoms with Crippen molar-refractivity contribution in [3.05, 3.63) is 173 Å². The number of hydrogen-bond donors (Lipinski definition) is 15. The van der Waals surface area contributed by atoms with Crippen molar-refractivity contribution in [3.63, 3.8) is 0 Å². The van der Waals surface area contributed by atoms with Crippen LogP contribution >= 0.6 is 11.8 Å². The van der Waals surface area contributed by atoms with Gasteiger partial charge in [-0.3, -0.25) is 76.7 Å². The largest absolute Gasteiger partial charge is 0.508 e. The summed E-state index contributed by atoms with van der Waals surface area (Å²) in [5.74, 6) is -23.4. The molecule has 14 atom stereocenters. The van der Waals surface area contributed by atoms with Gasteiger partial charge in [0.2, 0.25) is 82.7 Å². The number of halogens is 3. The number of phenolic OH excluding ortho intramolecular Hbond substituents is 1. The predicted molar refractivity (Wildman–Crippen MR) is 485 cm³/mol. The number of phenols is 1. The van der Waals surface area contributed by atoms with Gasteiger partial charge in [-0.25, -0.2) is 13.2 Å². The van der Waals surface area contributed by atoms with E-state index in [1.807, 2.05) is 6.92 Å². The summed E-state index contributed by atoms with van der Waals surface area (Å²) >= 11 is 0.654. The Hall–Kier alpha value is -13.3. The smallest absolute Gasteiger partial charge is 0.305 e. The van der Waals surface area contributed by atoms with Crippen LogP contribution in [0.5, 0.6) is 5.75 Å². The number of carboxylic acid groups (broad SMARTS) is 2. The molecule has 1 aromatic heterocycles. The monoisotopic (exact) mass is 1880 g/mol. The van der Waals surface area contributed by atoms with Crippen molar-refractivity contribution >= 4 is 124 Å². The number of aliphatic carboxylic acids is 2. The number of likely N-dealkylation sites (tertiary alicyclic amines) is 2. The molecule has 2 fully saturated rings. The second-order valence-corrected chi connectivity index (χ2v) is 35.4. The Bertz CT molecular complexity index is 5150. The average molecular weight is 1890 g/mol. The van der Waals surface area contributed by atoms with Gasteiger partial charge in [0, 0.05) is 102 Å². The van der Waals surface area contributed by atoms with Gasteiger partial charge in [-0.15, -0.1) is 11.8 Å². The number of aromatic amines is 1. The van der Waals surface area contributed by atoms with Gasteiger partial charge in [-0.2, -0.15) is 0 Å². The first kappa shape index (κ1) is 106. The molecule has 8 rings (SSSR count). The minimum absolute atomic E-state index is 0.0290. The molecule has 2 saturated heterocycles. The van der Waals surface area contributed by atoms with Crippen molar-refractivity contribution in [1.29, 1.82) is 0 Å². The van der Waals surface area contributed by atoms with E-state index in [0.717, 1.165) is 19.6 Å². The van der Waals surface area contributed by atoms with Gasteiger partial charge in [0.15, 0.2) is 17.5 Å². The first-order chi connectivity index (χ1) is 63.6. The Kier molecular flexibility index (Phi) is 40.0. The van der Waals surface area contributed by atoms with E-state index in [0.29, 0.717) is 76.3 Å². The van der Waals surface area contributed by atoms with E-state index < -0.39 is 259 Å². The zero-order valence-corrected chi connectivity index (χ0v) is 76.6. The fourth-order valence-electron chi connectivity index (χ4n) is 15.9.